The summed E-state index contributed by atoms with van der Waals surface area (Å²) in [7, 11) is 0. The number of hydrogen-bond acceptors (Lipinski definition) is 9. The summed E-state index contributed by atoms with van der Waals surface area (Å²) in [5.41, 5.74) is 27.4. The van der Waals surface area contributed by atoms with Crippen molar-refractivity contribution in [1.29, 1.82) is 0 Å². The third-order valence-electron chi connectivity index (χ3n) is 4.83. The van der Waals surface area contributed by atoms with Crippen LogP contribution in [0.2, 0.25) is 0 Å². The van der Waals surface area contributed by atoms with Gasteiger partial charge in [0.25, 0.3) is 0 Å². The molecule has 0 aromatic rings. The number of hydrogen-bond donors (Lipinski definition) is 7. The lowest BCUT2D eigenvalue weighted by Gasteiger charge is -2.22. The molecule has 0 aromatic carbocycles. The first kappa shape index (κ1) is 29.9. The van der Waals surface area contributed by atoms with E-state index < -0.39 is 30.3 Å². The number of carbonyl (C=O) groups is 3. The normalized spacial score (nSPS) is 13.6. The summed E-state index contributed by atoms with van der Waals surface area (Å²) < 4.78 is 10.1. The van der Waals surface area contributed by atoms with E-state index in [0.717, 1.165) is 38.5 Å². The number of primary amides is 1. The van der Waals surface area contributed by atoms with Crippen LogP contribution in [0.15, 0.2) is 0 Å². The van der Waals surface area contributed by atoms with Crippen LogP contribution in [0.5, 0.6) is 0 Å². The molecule has 0 aromatic heterocycles. The average Bonchev–Trinajstić information content (AvgIpc) is 2.75. The van der Waals surface area contributed by atoms with Gasteiger partial charge < -0.3 is 48.8 Å². The van der Waals surface area contributed by atoms with Gasteiger partial charge in [0.1, 0.15) is 13.2 Å². The number of amides is 3. The van der Waals surface area contributed by atoms with Gasteiger partial charge in [-0.3, -0.25) is 4.79 Å². The van der Waals surface area contributed by atoms with E-state index in [4.69, 9.17) is 38.1 Å². The molecule has 32 heavy (non-hydrogen) atoms. The summed E-state index contributed by atoms with van der Waals surface area (Å²) in [6, 6.07) is -1.49. The van der Waals surface area contributed by atoms with Crippen molar-refractivity contribution in [3.8, 4) is 0 Å². The zero-order valence-electron chi connectivity index (χ0n) is 19.1. The minimum atomic E-state index is -0.922. The third-order valence-corrected chi connectivity index (χ3v) is 4.83. The van der Waals surface area contributed by atoms with Crippen molar-refractivity contribution in [2.45, 2.75) is 75.9 Å². The number of carbonyl (C=O) groups excluding carboxylic acids is 3. The number of rotatable bonds is 19. The number of unbranched alkanes of at least 4 members (excludes halogenated alkanes) is 3. The summed E-state index contributed by atoms with van der Waals surface area (Å²) in [6.45, 7) is 1.52. The Morgan fingerprint density at radius 1 is 0.688 bits per heavy atom. The zero-order chi connectivity index (χ0) is 24.2. The van der Waals surface area contributed by atoms with Crippen molar-refractivity contribution < 1.29 is 23.9 Å². The molecular formula is C20H43N7O5. The van der Waals surface area contributed by atoms with E-state index in [9.17, 15) is 14.4 Å². The van der Waals surface area contributed by atoms with Crippen molar-refractivity contribution >= 4 is 18.1 Å². The molecule has 0 aliphatic rings. The molecule has 0 heterocycles. The van der Waals surface area contributed by atoms with Crippen molar-refractivity contribution in [1.82, 2.24) is 10.6 Å². The molecule has 0 radical (unpaired) electrons. The lowest BCUT2D eigenvalue weighted by Crippen LogP contribution is -2.48. The maximum absolute atomic E-state index is 12.4. The van der Waals surface area contributed by atoms with Crippen LogP contribution in [0.1, 0.15) is 57.8 Å². The smallest absolute Gasteiger partial charge is 0.407 e. The molecule has 12 heteroatoms. The van der Waals surface area contributed by atoms with Crippen LogP contribution >= 0.6 is 0 Å². The monoisotopic (exact) mass is 461 g/mol. The molecule has 12 N–H and O–H groups in total. The van der Waals surface area contributed by atoms with E-state index in [1.807, 2.05) is 0 Å². The van der Waals surface area contributed by atoms with Crippen LogP contribution in [0.4, 0.5) is 9.59 Å². The van der Waals surface area contributed by atoms with Crippen molar-refractivity contribution in [2.24, 2.45) is 28.7 Å². The van der Waals surface area contributed by atoms with Crippen LogP contribution in [0, 0.1) is 0 Å². The fourth-order valence-corrected chi connectivity index (χ4v) is 2.98. The van der Waals surface area contributed by atoms with Gasteiger partial charge in [0.05, 0.1) is 18.1 Å². The van der Waals surface area contributed by atoms with E-state index >= 15 is 0 Å². The molecule has 0 unspecified atom stereocenters. The Morgan fingerprint density at radius 3 is 1.66 bits per heavy atom. The van der Waals surface area contributed by atoms with Gasteiger partial charge in [0, 0.05) is 0 Å². The Labute approximate surface area is 190 Å². The molecule has 0 aliphatic heterocycles. The second kappa shape index (κ2) is 19.5. The summed E-state index contributed by atoms with van der Waals surface area (Å²) >= 11 is 0. The van der Waals surface area contributed by atoms with Crippen LogP contribution < -0.4 is 39.3 Å². The molecule has 0 rings (SSSR count). The Kier molecular flexibility index (Phi) is 18.2. The lowest BCUT2D eigenvalue weighted by atomic mass is 10.1. The number of nitrogens with one attached hydrogen (secondary N) is 2. The number of alkyl carbamates (subject to hydrolysis) is 1. The SMILES string of the molecule is NCCCC[C@H](COC(N)=O)NC(=O)OC[C@@H](CCCCN)NC(=O)[C@H](N)CCCCN. The minimum absolute atomic E-state index is 0.0239. The average molecular weight is 462 g/mol. The first-order chi connectivity index (χ1) is 15.3. The number of nitrogens with two attached hydrogens (primary N) is 5. The molecule has 0 bridgehead atoms. The molecule has 0 spiro atoms. The van der Waals surface area contributed by atoms with Crippen LogP contribution in [0.3, 0.4) is 0 Å². The van der Waals surface area contributed by atoms with Crippen molar-refractivity contribution in [3.63, 3.8) is 0 Å². The van der Waals surface area contributed by atoms with Crippen LogP contribution in [-0.2, 0) is 14.3 Å². The van der Waals surface area contributed by atoms with Gasteiger partial charge in [-0.1, -0.05) is 19.3 Å². The maximum atomic E-state index is 12.4. The van der Waals surface area contributed by atoms with Gasteiger partial charge in [0.2, 0.25) is 5.91 Å². The van der Waals surface area contributed by atoms with Crippen molar-refractivity contribution in [2.75, 3.05) is 32.8 Å². The minimum Gasteiger partial charge on any atom is -0.448 e. The lowest BCUT2D eigenvalue weighted by molar-refractivity contribution is -0.123. The second-order valence-electron chi connectivity index (χ2n) is 7.74. The largest absolute Gasteiger partial charge is 0.448 e. The Hall–Kier alpha value is -2.15. The van der Waals surface area contributed by atoms with Crippen LogP contribution in [0.25, 0.3) is 0 Å². The fraction of sp³-hybridized carbons (Fsp3) is 0.850. The van der Waals surface area contributed by atoms with Gasteiger partial charge in [0.15, 0.2) is 0 Å². The predicted octanol–water partition coefficient (Wildman–Crippen LogP) is -0.624. The van der Waals surface area contributed by atoms with E-state index in [1.54, 1.807) is 0 Å². The Morgan fingerprint density at radius 2 is 1.16 bits per heavy atom. The summed E-state index contributed by atoms with van der Waals surface area (Å²) in [6.07, 6.45) is 4.70. The highest BCUT2D eigenvalue weighted by Crippen LogP contribution is 2.06. The highest BCUT2D eigenvalue weighted by Gasteiger charge is 2.20. The van der Waals surface area contributed by atoms with E-state index in [-0.39, 0.29) is 19.1 Å². The summed E-state index contributed by atoms with van der Waals surface area (Å²) in [4.78, 5) is 35.5. The maximum Gasteiger partial charge on any atom is 0.407 e. The quantitative estimate of drug-likeness (QED) is 0.121. The topological polar surface area (TPSA) is 224 Å². The highest BCUT2D eigenvalue weighted by atomic mass is 16.6. The molecule has 3 amide bonds. The molecular weight excluding hydrogens is 418 g/mol. The highest BCUT2D eigenvalue weighted by molar-refractivity contribution is 5.81. The second-order valence-corrected chi connectivity index (χ2v) is 7.74. The molecule has 188 valence electrons. The Balaban J connectivity index is 4.69. The summed E-state index contributed by atoms with van der Waals surface area (Å²) in [5.74, 6) is -0.293. The first-order valence-electron chi connectivity index (χ1n) is 11.4. The molecule has 0 saturated heterocycles. The molecule has 0 saturated carbocycles. The molecule has 3 atom stereocenters. The first-order valence-corrected chi connectivity index (χ1v) is 11.4. The van der Waals surface area contributed by atoms with Gasteiger partial charge in [-0.2, -0.15) is 0 Å². The van der Waals surface area contributed by atoms with E-state index in [1.165, 1.54) is 0 Å². The van der Waals surface area contributed by atoms with E-state index in [0.29, 0.717) is 38.9 Å². The zero-order valence-corrected chi connectivity index (χ0v) is 19.1. The summed E-state index contributed by atoms with van der Waals surface area (Å²) in [5, 5.41) is 5.51. The standard InChI is InChI=1S/C20H43N7O5/c21-10-4-1-7-15(26-18(28)17(24)9-3-6-12-23)14-32-20(30)27-16(8-2-5-11-22)13-31-19(25)29/h15-17H,1-14,21-24H2,(H2,25,29)(H,26,28)(H,27,30)/t15-,16-,17-/m1/s1. The third kappa shape index (κ3) is 16.5. The van der Waals surface area contributed by atoms with Gasteiger partial charge in [-0.15, -0.1) is 0 Å². The van der Waals surface area contributed by atoms with Crippen LogP contribution in [-0.4, -0.2) is 69.1 Å². The number of ether oxygens (including phenoxy) is 2. The van der Waals surface area contributed by atoms with Gasteiger partial charge in [-0.05, 0) is 58.2 Å². The van der Waals surface area contributed by atoms with Gasteiger partial charge >= 0.3 is 12.2 Å². The Bertz CT molecular complexity index is 525. The fourth-order valence-electron chi connectivity index (χ4n) is 2.98. The molecule has 0 aliphatic carbocycles. The molecule has 12 nitrogen and oxygen atoms in total. The molecule has 0 fully saturated rings. The van der Waals surface area contributed by atoms with E-state index in [2.05, 4.69) is 10.6 Å². The van der Waals surface area contributed by atoms with Gasteiger partial charge in [-0.25, -0.2) is 9.59 Å². The predicted molar refractivity (Wildman–Crippen MR) is 122 cm³/mol. The van der Waals surface area contributed by atoms with Crippen molar-refractivity contribution in [3.05, 3.63) is 0 Å².